The maximum absolute atomic E-state index is 8.45. The zero-order valence-corrected chi connectivity index (χ0v) is 28.6. The molecule has 0 saturated heterocycles. The summed E-state index contributed by atoms with van der Waals surface area (Å²) < 4.78 is 101. The lowest BCUT2D eigenvalue weighted by Gasteiger charge is -2.49. The highest BCUT2D eigenvalue weighted by atomic mass is 15.5. The molecule has 2 aliphatic heterocycles. The van der Waals surface area contributed by atoms with Crippen LogP contribution in [0.5, 0.6) is 0 Å². The molecule has 51 heavy (non-hydrogen) atoms. The zero-order chi connectivity index (χ0) is 45.1. The lowest BCUT2D eigenvalue weighted by Crippen LogP contribution is -2.59. The van der Waals surface area contributed by atoms with Crippen LogP contribution in [0.25, 0.3) is 11.1 Å². The number of hydrogen-bond acceptors (Lipinski definition) is 4. The van der Waals surface area contributed by atoms with Gasteiger partial charge in [0.2, 0.25) is 0 Å². The molecule has 0 bridgehead atoms. The number of para-hydroxylation sites is 4. The van der Waals surface area contributed by atoms with Gasteiger partial charge in [0.05, 0.1) is 36.1 Å². The normalized spacial score (nSPS) is 20.4. The van der Waals surface area contributed by atoms with Crippen molar-refractivity contribution in [2.75, 3.05) is 32.9 Å². The van der Waals surface area contributed by atoms with Crippen molar-refractivity contribution in [1.82, 2.24) is 0 Å². The van der Waals surface area contributed by atoms with Gasteiger partial charge in [-0.25, -0.2) is 0 Å². The average molecular weight is 679 g/mol. The molecular formula is C47H46N4. The first-order chi connectivity index (χ1) is 29.6. The molecule has 4 heteroatoms. The van der Waals surface area contributed by atoms with Gasteiger partial charge < -0.3 is 19.6 Å². The molecule has 3 aliphatic rings. The lowest BCUT2D eigenvalue weighted by atomic mass is 9.87. The van der Waals surface area contributed by atoms with Crippen molar-refractivity contribution in [2.45, 2.75) is 57.7 Å². The Balaban J connectivity index is 1.26. The van der Waals surface area contributed by atoms with Crippen LogP contribution in [0.1, 0.15) is 80.0 Å². The van der Waals surface area contributed by atoms with E-state index in [9.17, 15) is 0 Å². The second-order valence-electron chi connectivity index (χ2n) is 14.2. The highest BCUT2D eigenvalue weighted by molar-refractivity contribution is 5.94. The van der Waals surface area contributed by atoms with Crippen molar-refractivity contribution in [3.05, 3.63) is 168 Å². The fourth-order valence-electron chi connectivity index (χ4n) is 8.31. The third-order valence-electron chi connectivity index (χ3n) is 10.6. The fraction of sp³-hybridized carbons (Fsp3) is 0.234. The maximum atomic E-state index is 8.45. The maximum Gasteiger partial charge on any atom is 0.170 e. The van der Waals surface area contributed by atoms with Gasteiger partial charge in [0.1, 0.15) is 0 Å². The van der Waals surface area contributed by atoms with Gasteiger partial charge in [-0.3, -0.25) is 0 Å². The summed E-state index contributed by atoms with van der Waals surface area (Å²) >= 11 is 0. The molecular weight excluding hydrogens is 621 g/mol. The summed E-state index contributed by atoms with van der Waals surface area (Å²) in [5, 5.41) is 0. The van der Waals surface area contributed by atoms with E-state index >= 15 is 0 Å². The topological polar surface area (TPSA) is 13.0 Å². The predicted molar refractivity (Wildman–Crippen MR) is 215 cm³/mol. The molecule has 4 nitrogen and oxygen atoms in total. The number of fused-ring (bicyclic) bond motifs is 5. The van der Waals surface area contributed by atoms with E-state index in [0.29, 0.717) is 17.9 Å². The Hall–Kier alpha value is -5.48. The minimum absolute atomic E-state index is 0.189. The smallest absolute Gasteiger partial charge is 0.170 e. The Morgan fingerprint density at radius 1 is 0.471 bits per heavy atom. The third-order valence-corrected chi connectivity index (χ3v) is 10.6. The SMILES string of the molecule is [2H]C([2H])([2H])C(C)(C)c1cccc(N2CN(C3(N4CN(c5cccc(C(C([2H])([2H])[2H])(C([2H])([2H])[2H])C([2H])([2H])[2H])c5)c5ccccc54)c4ccccc4-c4ccccc43)c3ccccc32)c1. The largest absolute Gasteiger partial charge is 0.321 e. The first-order valence-electron chi connectivity index (χ1n) is 23.3. The molecule has 6 aromatic carbocycles. The second-order valence-corrected chi connectivity index (χ2v) is 14.2. The molecule has 6 aromatic rings. The van der Waals surface area contributed by atoms with Gasteiger partial charge >= 0.3 is 0 Å². The quantitative estimate of drug-likeness (QED) is 0.184. The van der Waals surface area contributed by atoms with E-state index in [2.05, 4.69) is 51.1 Å². The predicted octanol–water partition coefficient (Wildman–Crippen LogP) is 11.7. The van der Waals surface area contributed by atoms with E-state index in [-0.39, 0.29) is 12.2 Å². The molecule has 0 unspecified atom stereocenters. The van der Waals surface area contributed by atoms with Crippen LogP contribution in [0.4, 0.5) is 34.1 Å². The third kappa shape index (κ3) is 4.72. The summed E-state index contributed by atoms with van der Waals surface area (Å²) in [7, 11) is 0. The van der Waals surface area contributed by atoms with Crippen LogP contribution < -0.4 is 19.6 Å². The first kappa shape index (κ1) is 21.0. The number of benzene rings is 6. The molecule has 0 N–H and O–H groups in total. The van der Waals surface area contributed by atoms with Crippen molar-refractivity contribution >= 4 is 34.1 Å². The Morgan fingerprint density at radius 2 is 0.882 bits per heavy atom. The number of rotatable bonds is 4. The summed E-state index contributed by atoms with van der Waals surface area (Å²) in [4.78, 5) is 8.89. The van der Waals surface area contributed by atoms with Gasteiger partial charge in [-0.2, -0.15) is 0 Å². The molecule has 254 valence electrons. The van der Waals surface area contributed by atoms with Gasteiger partial charge in [0.15, 0.2) is 5.66 Å². The van der Waals surface area contributed by atoms with E-state index in [1.165, 1.54) is 18.2 Å². The van der Waals surface area contributed by atoms with Crippen molar-refractivity contribution in [2.24, 2.45) is 0 Å². The molecule has 0 aromatic heterocycles. The van der Waals surface area contributed by atoms with E-state index in [1.54, 1.807) is 19.9 Å². The van der Waals surface area contributed by atoms with Crippen LogP contribution in [0.2, 0.25) is 0 Å². The Labute approximate surface area is 320 Å². The zero-order valence-electron chi connectivity index (χ0n) is 40.6. The Morgan fingerprint density at radius 3 is 1.35 bits per heavy atom. The molecule has 0 amide bonds. The fourth-order valence-corrected chi connectivity index (χ4v) is 8.31. The summed E-state index contributed by atoms with van der Waals surface area (Å²) in [5.74, 6) is 0. The molecule has 0 radical (unpaired) electrons. The molecule has 0 fully saturated rings. The standard InChI is InChI=1S/C47H46N4/c1-45(2,3)33-17-15-19-35(29-33)48-31-50(43-27-13-11-25-41(43)48)47(39-23-9-7-21-37(39)38-22-8-10-24-40(38)47)51-32-49(42-26-12-14-28-44(42)51)36-20-16-18-34(30-36)46(4,5)6/h7-30H,31-32H2,1-6H3/i1D3,2D3,3D3,4D3. The molecule has 9 rings (SSSR count). The van der Waals surface area contributed by atoms with Crippen LogP contribution in [0.15, 0.2) is 146 Å². The average Bonchev–Trinajstić information content (AvgIpc) is 3.89. The van der Waals surface area contributed by atoms with Crippen molar-refractivity contribution in [1.29, 1.82) is 0 Å². The summed E-state index contributed by atoms with van der Waals surface area (Å²) in [5.41, 5.74) is 3.83. The number of nitrogens with zero attached hydrogens (tertiary/aromatic N) is 4. The van der Waals surface area contributed by atoms with Crippen LogP contribution in [0.3, 0.4) is 0 Å². The first-order valence-corrected chi connectivity index (χ1v) is 17.3. The minimum atomic E-state index is -3.42. The van der Waals surface area contributed by atoms with Crippen LogP contribution in [0, 0.1) is 0 Å². The molecule has 0 saturated carbocycles. The van der Waals surface area contributed by atoms with Gasteiger partial charge in [0, 0.05) is 39.0 Å². The van der Waals surface area contributed by atoms with Crippen LogP contribution in [-0.2, 0) is 16.5 Å². The van der Waals surface area contributed by atoms with E-state index in [0.717, 1.165) is 50.7 Å². The van der Waals surface area contributed by atoms with Crippen molar-refractivity contribution in [3.63, 3.8) is 0 Å². The second kappa shape index (κ2) is 11.3. The van der Waals surface area contributed by atoms with Gasteiger partial charge in [-0.1, -0.05) is 138 Å². The summed E-state index contributed by atoms with van der Waals surface area (Å²) in [6.45, 7) is -8.48. The van der Waals surface area contributed by atoms with Crippen molar-refractivity contribution in [3.8, 4) is 11.1 Å². The molecule has 0 spiro atoms. The number of anilines is 6. The number of hydrogen-bond donors (Lipinski definition) is 0. The highest BCUT2D eigenvalue weighted by Crippen LogP contribution is 2.60. The van der Waals surface area contributed by atoms with Gasteiger partial charge in [-0.05, 0) is 81.6 Å². The van der Waals surface area contributed by atoms with Crippen LogP contribution >= 0.6 is 0 Å². The highest BCUT2D eigenvalue weighted by Gasteiger charge is 2.57. The van der Waals surface area contributed by atoms with E-state index in [4.69, 9.17) is 16.4 Å². The minimum Gasteiger partial charge on any atom is -0.321 e. The van der Waals surface area contributed by atoms with Crippen LogP contribution in [-0.4, -0.2) is 13.3 Å². The summed E-state index contributed by atoms with van der Waals surface area (Å²) in [6.07, 6.45) is 0. The monoisotopic (exact) mass is 678 g/mol. The Kier molecular flexibility index (Phi) is 4.64. The van der Waals surface area contributed by atoms with E-state index in [1.807, 2.05) is 89.8 Å². The van der Waals surface area contributed by atoms with Gasteiger partial charge in [0.25, 0.3) is 0 Å². The van der Waals surface area contributed by atoms with E-state index < -0.39 is 43.9 Å². The molecule has 1 aliphatic carbocycles. The van der Waals surface area contributed by atoms with Crippen molar-refractivity contribution < 1.29 is 16.4 Å². The lowest BCUT2D eigenvalue weighted by molar-refractivity contribution is 0.472. The van der Waals surface area contributed by atoms with Gasteiger partial charge in [-0.15, -0.1) is 0 Å². The molecule has 2 heterocycles. The molecule has 0 atom stereocenters. The Bertz CT molecular complexity index is 2650. The summed E-state index contributed by atoms with van der Waals surface area (Å²) in [6, 6.07) is 46.4.